The van der Waals surface area contributed by atoms with E-state index in [1.807, 2.05) is 6.92 Å². The number of primary amides is 1. The molecule has 1 aromatic rings. The minimum Gasteiger partial charge on any atom is -0.364 e. The normalized spacial score (nSPS) is 10.3. The predicted molar refractivity (Wildman–Crippen MR) is 57.2 cm³/mol. The van der Waals surface area contributed by atoms with E-state index >= 15 is 0 Å². The Morgan fingerprint density at radius 3 is 2.53 bits per heavy atom. The molecule has 0 fully saturated rings. The first-order valence-electron chi connectivity index (χ1n) is 4.78. The zero-order valence-corrected chi connectivity index (χ0v) is 8.91. The molecule has 0 unspecified atom stereocenters. The third-order valence-corrected chi connectivity index (χ3v) is 2.44. The summed E-state index contributed by atoms with van der Waals surface area (Å²) >= 11 is 0. The Morgan fingerprint density at radius 1 is 1.53 bits per heavy atom. The largest absolute Gasteiger partial charge is 0.364 e. The standard InChI is InChI=1S/C10H15N3O2/c1-3-4-8-7(5-14)6(2)9(10(11)15)13(8)12/h5H,3-4,12H2,1-2H3,(H2,11,15). The van der Waals surface area contributed by atoms with Crippen LogP contribution >= 0.6 is 0 Å². The lowest BCUT2D eigenvalue weighted by molar-refractivity contribution is 0.0992. The third-order valence-electron chi connectivity index (χ3n) is 2.44. The topological polar surface area (TPSA) is 91.1 Å². The highest BCUT2D eigenvalue weighted by atomic mass is 16.1. The van der Waals surface area contributed by atoms with Crippen LogP contribution in [0.2, 0.25) is 0 Å². The van der Waals surface area contributed by atoms with E-state index in [4.69, 9.17) is 11.6 Å². The summed E-state index contributed by atoms with van der Waals surface area (Å²) in [7, 11) is 0. The fraction of sp³-hybridized carbons (Fsp3) is 0.400. The molecule has 1 aromatic heterocycles. The summed E-state index contributed by atoms with van der Waals surface area (Å²) in [6, 6.07) is 0. The fourth-order valence-electron chi connectivity index (χ4n) is 1.74. The number of carbonyl (C=O) groups is 2. The van der Waals surface area contributed by atoms with Gasteiger partial charge in [-0.05, 0) is 18.9 Å². The summed E-state index contributed by atoms with van der Waals surface area (Å²) in [6.07, 6.45) is 2.22. The first-order chi connectivity index (χ1) is 7.04. The predicted octanol–water partition coefficient (Wildman–Crippen LogP) is 0.374. The molecule has 1 rings (SSSR count). The Balaban J connectivity index is 3.44. The van der Waals surface area contributed by atoms with Crippen LogP contribution in [0.3, 0.4) is 0 Å². The molecule has 0 saturated heterocycles. The maximum absolute atomic E-state index is 11.1. The molecule has 5 heteroatoms. The number of hydrogen-bond acceptors (Lipinski definition) is 3. The Labute approximate surface area is 88.0 Å². The first kappa shape index (κ1) is 11.3. The minimum absolute atomic E-state index is 0.209. The molecule has 0 aliphatic heterocycles. The highest BCUT2D eigenvalue weighted by Gasteiger charge is 2.20. The van der Waals surface area contributed by atoms with Crippen LogP contribution < -0.4 is 11.6 Å². The van der Waals surface area contributed by atoms with Crippen LogP contribution in [0.4, 0.5) is 0 Å². The van der Waals surface area contributed by atoms with Crippen molar-refractivity contribution in [3.8, 4) is 0 Å². The quantitative estimate of drug-likeness (QED) is 0.554. The van der Waals surface area contributed by atoms with E-state index in [9.17, 15) is 9.59 Å². The van der Waals surface area contributed by atoms with Crippen molar-refractivity contribution in [2.24, 2.45) is 5.73 Å². The van der Waals surface area contributed by atoms with Crippen LogP contribution in [0, 0.1) is 6.92 Å². The summed E-state index contributed by atoms with van der Waals surface area (Å²) in [5.41, 5.74) is 7.11. The van der Waals surface area contributed by atoms with Gasteiger partial charge in [-0.1, -0.05) is 13.3 Å². The molecule has 0 saturated carbocycles. The lowest BCUT2D eigenvalue weighted by Gasteiger charge is -2.04. The van der Waals surface area contributed by atoms with Gasteiger partial charge < -0.3 is 11.6 Å². The zero-order chi connectivity index (χ0) is 11.6. The molecule has 82 valence electrons. The number of aromatic nitrogens is 1. The van der Waals surface area contributed by atoms with Crippen molar-refractivity contribution in [1.29, 1.82) is 0 Å². The second-order valence-electron chi connectivity index (χ2n) is 3.44. The van der Waals surface area contributed by atoms with Gasteiger partial charge in [0.2, 0.25) is 0 Å². The summed E-state index contributed by atoms with van der Waals surface area (Å²) in [4.78, 5) is 22.0. The van der Waals surface area contributed by atoms with E-state index in [0.717, 1.165) is 12.7 Å². The SMILES string of the molecule is CCCc1c(C=O)c(C)c(C(N)=O)n1N. The summed E-state index contributed by atoms with van der Waals surface area (Å²) in [5, 5.41) is 0. The molecule has 0 radical (unpaired) electrons. The number of hydrogen-bond donors (Lipinski definition) is 2. The van der Waals surface area contributed by atoms with E-state index < -0.39 is 5.91 Å². The molecule has 5 nitrogen and oxygen atoms in total. The average Bonchev–Trinajstić information content (AvgIpc) is 2.39. The molecule has 15 heavy (non-hydrogen) atoms. The molecule has 4 N–H and O–H groups in total. The maximum atomic E-state index is 11.1. The van der Waals surface area contributed by atoms with Gasteiger partial charge in [0, 0.05) is 5.56 Å². The van der Waals surface area contributed by atoms with Crippen molar-refractivity contribution in [3.05, 3.63) is 22.5 Å². The molecule has 0 bridgehead atoms. The average molecular weight is 209 g/mol. The smallest absolute Gasteiger partial charge is 0.267 e. The molecular formula is C10H15N3O2. The van der Waals surface area contributed by atoms with Gasteiger partial charge >= 0.3 is 0 Å². The van der Waals surface area contributed by atoms with E-state index in [1.54, 1.807) is 6.92 Å². The second kappa shape index (κ2) is 4.16. The van der Waals surface area contributed by atoms with Crippen LogP contribution in [-0.2, 0) is 6.42 Å². The van der Waals surface area contributed by atoms with Gasteiger partial charge in [0.1, 0.15) is 5.69 Å². The molecule has 0 aromatic carbocycles. The first-order valence-corrected chi connectivity index (χ1v) is 4.78. The summed E-state index contributed by atoms with van der Waals surface area (Å²) in [5.74, 6) is 5.11. The number of amides is 1. The zero-order valence-electron chi connectivity index (χ0n) is 8.91. The Hall–Kier alpha value is -1.78. The van der Waals surface area contributed by atoms with Gasteiger partial charge in [-0.3, -0.25) is 14.3 Å². The van der Waals surface area contributed by atoms with E-state index in [2.05, 4.69) is 0 Å². The number of nitrogens with two attached hydrogens (primary N) is 2. The second-order valence-corrected chi connectivity index (χ2v) is 3.44. The fourth-order valence-corrected chi connectivity index (χ4v) is 1.74. The van der Waals surface area contributed by atoms with Gasteiger partial charge in [0.25, 0.3) is 5.91 Å². The highest BCUT2D eigenvalue weighted by molar-refractivity contribution is 5.96. The highest BCUT2D eigenvalue weighted by Crippen LogP contribution is 2.19. The summed E-state index contributed by atoms with van der Waals surface area (Å²) < 4.78 is 1.23. The van der Waals surface area contributed by atoms with Gasteiger partial charge in [-0.15, -0.1) is 0 Å². The number of nitrogen functional groups attached to an aromatic ring is 1. The minimum atomic E-state index is -0.611. The van der Waals surface area contributed by atoms with Crippen molar-refractivity contribution in [1.82, 2.24) is 4.68 Å². The van der Waals surface area contributed by atoms with E-state index in [1.165, 1.54) is 4.68 Å². The lowest BCUT2D eigenvalue weighted by atomic mass is 10.1. The van der Waals surface area contributed by atoms with E-state index in [-0.39, 0.29) is 5.69 Å². The lowest BCUT2D eigenvalue weighted by Crippen LogP contribution is -2.24. The maximum Gasteiger partial charge on any atom is 0.267 e. The van der Waals surface area contributed by atoms with Crippen LogP contribution in [0.25, 0.3) is 0 Å². The van der Waals surface area contributed by atoms with Crippen LogP contribution in [-0.4, -0.2) is 16.9 Å². The number of rotatable bonds is 4. The molecule has 1 heterocycles. The van der Waals surface area contributed by atoms with Crippen LogP contribution in [0.15, 0.2) is 0 Å². The van der Waals surface area contributed by atoms with Crippen molar-refractivity contribution in [2.45, 2.75) is 26.7 Å². The molecule has 0 aliphatic carbocycles. The summed E-state index contributed by atoms with van der Waals surface area (Å²) in [6.45, 7) is 3.65. The van der Waals surface area contributed by atoms with Gasteiger partial charge in [0.15, 0.2) is 6.29 Å². The molecular weight excluding hydrogens is 194 g/mol. The number of nitrogens with zero attached hydrogens (tertiary/aromatic N) is 1. The van der Waals surface area contributed by atoms with Crippen molar-refractivity contribution in [3.63, 3.8) is 0 Å². The van der Waals surface area contributed by atoms with Crippen LogP contribution in [0.1, 0.15) is 45.4 Å². The Bertz CT molecular complexity index is 407. The van der Waals surface area contributed by atoms with Crippen molar-refractivity contribution < 1.29 is 9.59 Å². The van der Waals surface area contributed by atoms with Crippen molar-refractivity contribution in [2.75, 3.05) is 5.84 Å². The monoisotopic (exact) mass is 209 g/mol. The molecule has 1 amide bonds. The molecule has 0 spiro atoms. The van der Waals surface area contributed by atoms with Gasteiger partial charge in [0.05, 0.1) is 5.69 Å². The Kier molecular flexibility index (Phi) is 3.14. The van der Waals surface area contributed by atoms with Crippen LogP contribution in [0.5, 0.6) is 0 Å². The Morgan fingerprint density at radius 2 is 2.13 bits per heavy atom. The van der Waals surface area contributed by atoms with E-state index in [0.29, 0.717) is 23.2 Å². The molecule has 0 aliphatic rings. The van der Waals surface area contributed by atoms with Crippen molar-refractivity contribution >= 4 is 12.2 Å². The third kappa shape index (κ3) is 1.72. The van der Waals surface area contributed by atoms with Gasteiger partial charge in [-0.25, -0.2) is 0 Å². The number of aldehydes is 1. The van der Waals surface area contributed by atoms with Gasteiger partial charge in [-0.2, -0.15) is 0 Å². The number of carbonyl (C=O) groups excluding carboxylic acids is 2. The molecule has 0 atom stereocenters.